The summed E-state index contributed by atoms with van der Waals surface area (Å²) in [6.07, 6.45) is 6.69. The fraction of sp³-hybridized carbons (Fsp3) is 0.667. The molecule has 1 saturated heterocycles. The molecule has 1 unspecified atom stereocenters. The molecule has 4 nitrogen and oxygen atoms in total. The third kappa shape index (κ3) is 3.17. The number of piperidine rings is 1. The maximum atomic E-state index is 4.81. The molecule has 1 fully saturated rings. The van der Waals surface area contributed by atoms with Crippen molar-refractivity contribution in [1.29, 1.82) is 0 Å². The van der Waals surface area contributed by atoms with E-state index in [2.05, 4.69) is 41.3 Å². The maximum absolute atomic E-state index is 4.81. The van der Waals surface area contributed by atoms with Gasteiger partial charge in [0.15, 0.2) is 5.65 Å². The molecule has 0 N–H and O–H groups in total. The van der Waals surface area contributed by atoms with Crippen LogP contribution in [0.3, 0.4) is 0 Å². The molecule has 2 aromatic rings. The van der Waals surface area contributed by atoms with Crippen LogP contribution in [0.2, 0.25) is 0 Å². The van der Waals surface area contributed by atoms with Crippen molar-refractivity contribution in [3.8, 4) is 0 Å². The van der Waals surface area contributed by atoms with E-state index in [4.69, 9.17) is 4.98 Å². The Kier molecular flexibility index (Phi) is 4.77. The van der Waals surface area contributed by atoms with Crippen LogP contribution in [0.1, 0.15) is 45.9 Å². The number of likely N-dealkylation sites (tertiary alicyclic amines) is 1. The number of hydrogen-bond acceptors (Lipinski definition) is 3. The fourth-order valence-electron chi connectivity index (χ4n) is 3.59. The minimum Gasteiger partial charge on any atom is -0.312 e. The predicted molar refractivity (Wildman–Crippen MR) is 91.0 cm³/mol. The number of aryl methyl sites for hydroxylation is 1. The first-order valence-corrected chi connectivity index (χ1v) is 8.73. The number of rotatable bonds is 5. The highest BCUT2D eigenvalue weighted by atomic mass is 15.2. The number of imidazole rings is 1. The molecule has 22 heavy (non-hydrogen) atoms. The van der Waals surface area contributed by atoms with Gasteiger partial charge >= 0.3 is 0 Å². The van der Waals surface area contributed by atoms with E-state index in [-0.39, 0.29) is 0 Å². The van der Waals surface area contributed by atoms with Crippen LogP contribution in [0.4, 0.5) is 0 Å². The van der Waals surface area contributed by atoms with Crippen LogP contribution in [0.15, 0.2) is 18.3 Å². The van der Waals surface area contributed by atoms with Crippen molar-refractivity contribution in [2.24, 2.45) is 5.92 Å². The van der Waals surface area contributed by atoms with Crippen LogP contribution in [0, 0.1) is 5.92 Å². The molecule has 1 atom stereocenters. The molecule has 0 aromatic carbocycles. The van der Waals surface area contributed by atoms with Gasteiger partial charge in [-0.2, -0.15) is 0 Å². The zero-order chi connectivity index (χ0) is 15.5. The highest BCUT2D eigenvalue weighted by Gasteiger charge is 2.23. The van der Waals surface area contributed by atoms with Crippen molar-refractivity contribution in [2.45, 2.75) is 59.0 Å². The van der Waals surface area contributed by atoms with Gasteiger partial charge in [-0.05, 0) is 57.7 Å². The molecule has 0 bridgehead atoms. The molecule has 0 amide bonds. The highest BCUT2D eigenvalue weighted by molar-refractivity contribution is 5.71. The quantitative estimate of drug-likeness (QED) is 0.847. The summed E-state index contributed by atoms with van der Waals surface area (Å²) >= 11 is 0. The van der Waals surface area contributed by atoms with Crippen molar-refractivity contribution in [3.63, 3.8) is 0 Å². The van der Waals surface area contributed by atoms with Crippen molar-refractivity contribution >= 4 is 11.2 Å². The largest absolute Gasteiger partial charge is 0.312 e. The lowest BCUT2D eigenvalue weighted by Gasteiger charge is -2.35. The van der Waals surface area contributed by atoms with E-state index < -0.39 is 0 Å². The van der Waals surface area contributed by atoms with Crippen LogP contribution in [-0.2, 0) is 13.0 Å². The third-order valence-corrected chi connectivity index (χ3v) is 4.78. The summed E-state index contributed by atoms with van der Waals surface area (Å²) in [4.78, 5) is 12.0. The Hall–Kier alpha value is -1.42. The second kappa shape index (κ2) is 6.78. The molecule has 0 aliphatic carbocycles. The molecule has 0 spiro atoms. The number of hydrogen-bond donors (Lipinski definition) is 0. The molecule has 4 heteroatoms. The Bertz CT molecular complexity index is 617. The zero-order valence-electron chi connectivity index (χ0n) is 14.1. The topological polar surface area (TPSA) is 34.0 Å². The van der Waals surface area contributed by atoms with Gasteiger partial charge in [0, 0.05) is 31.7 Å². The molecule has 0 radical (unpaired) electrons. The van der Waals surface area contributed by atoms with E-state index in [1.807, 2.05) is 12.3 Å². The highest BCUT2D eigenvalue weighted by Crippen LogP contribution is 2.23. The van der Waals surface area contributed by atoms with Crippen LogP contribution in [0.25, 0.3) is 11.2 Å². The van der Waals surface area contributed by atoms with Crippen LogP contribution in [0.5, 0.6) is 0 Å². The molecular weight excluding hydrogens is 272 g/mol. The summed E-state index contributed by atoms with van der Waals surface area (Å²) in [6, 6.07) is 4.71. The Morgan fingerprint density at radius 2 is 2.23 bits per heavy atom. The second-order valence-corrected chi connectivity index (χ2v) is 6.83. The van der Waals surface area contributed by atoms with E-state index in [1.165, 1.54) is 31.8 Å². The van der Waals surface area contributed by atoms with Gasteiger partial charge in [0.2, 0.25) is 0 Å². The molecule has 2 aromatic heterocycles. The number of nitrogens with zero attached hydrogens (tertiary/aromatic N) is 4. The smallest absolute Gasteiger partial charge is 0.159 e. The summed E-state index contributed by atoms with van der Waals surface area (Å²) < 4.78 is 2.38. The molecule has 3 heterocycles. The standard InChI is InChI=1S/C18H28N4/c1-4-7-17-20-16-9-5-10-19-18(16)22(17)13-15-8-6-11-21(12-15)14(2)3/h5,9-10,14-15H,4,6-8,11-13H2,1-3H3. The van der Waals surface area contributed by atoms with Gasteiger partial charge in [-0.3, -0.25) is 0 Å². The van der Waals surface area contributed by atoms with Gasteiger partial charge in [-0.1, -0.05) is 6.92 Å². The minimum absolute atomic E-state index is 0.649. The number of pyridine rings is 1. The SMILES string of the molecule is CCCc1nc2cccnc2n1CC1CCCN(C(C)C)C1. The monoisotopic (exact) mass is 300 g/mol. The van der Waals surface area contributed by atoms with Crippen LogP contribution < -0.4 is 0 Å². The lowest BCUT2D eigenvalue weighted by atomic mass is 9.97. The predicted octanol–water partition coefficient (Wildman–Crippen LogP) is 3.50. The minimum atomic E-state index is 0.649. The molecule has 1 aliphatic rings. The van der Waals surface area contributed by atoms with Crippen LogP contribution >= 0.6 is 0 Å². The van der Waals surface area contributed by atoms with Gasteiger partial charge < -0.3 is 9.47 Å². The zero-order valence-corrected chi connectivity index (χ0v) is 14.1. The number of aromatic nitrogens is 3. The van der Waals surface area contributed by atoms with Gasteiger partial charge in [0.1, 0.15) is 11.3 Å². The molecule has 0 saturated carbocycles. The molecule has 120 valence electrons. The average Bonchev–Trinajstić information content (AvgIpc) is 2.86. The Labute approximate surface area is 133 Å². The lowest BCUT2D eigenvalue weighted by Crippen LogP contribution is -2.41. The Morgan fingerprint density at radius 3 is 3.00 bits per heavy atom. The molecular formula is C18H28N4. The van der Waals surface area contributed by atoms with Gasteiger partial charge in [0.05, 0.1) is 0 Å². The summed E-state index contributed by atoms with van der Waals surface area (Å²) in [6.45, 7) is 10.3. The maximum Gasteiger partial charge on any atom is 0.159 e. The summed E-state index contributed by atoms with van der Waals surface area (Å²) in [7, 11) is 0. The summed E-state index contributed by atoms with van der Waals surface area (Å²) in [5.41, 5.74) is 2.11. The lowest BCUT2D eigenvalue weighted by molar-refractivity contribution is 0.131. The van der Waals surface area contributed by atoms with Gasteiger partial charge in [0.25, 0.3) is 0 Å². The number of fused-ring (bicyclic) bond motifs is 1. The second-order valence-electron chi connectivity index (χ2n) is 6.83. The van der Waals surface area contributed by atoms with Gasteiger partial charge in [-0.15, -0.1) is 0 Å². The fourth-order valence-corrected chi connectivity index (χ4v) is 3.59. The van der Waals surface area contributed by atoms with Crippen molar-refractivity contribution in [1.82, 2.24) is 19.4 Å². The van der Waals surface area contributed by atoms with E-state index in [0.29, 0.717) is 12.0 Å². The average molecular weight is 300 g/mol. The summed E-state index contributed by atoms with van der Waals surface area (Å²) in [5, 5.41) is 0. The van der Waals surface area contributed by atoms with Gasteiger partial charge in [-0.25, -0.2) is 9.97 Å². The van der Waals surface area contributed by atoms with E-state index in [1.54, 1.807) is 0 Å². The first-order chi connectivity index (χ1) is 10.7. The van der Waals surface area contributed by atoms with Crippen molar-refractivity contribution in [2.75, 3.05) is 13.1 Å². The Morgan fingerprint density at radius 1 is 1.36 bits per heavy atom. The van der Waals surface area contributed by atoms with E-state index >= 15 is 0 Å². The first-order valence-electron chi connectivity index (χ1n) is 8.73. The first kappa shape index (κ1) is 15.5. The summed E-state index contributed by atoms with van der Waals surface area (Å²) in [5.74, 6) is 1.92. The Balaban J connectivity index is 1.84. The normalized spacial score (nSPS) is 20.1. The van der Waals surface area contributed by atoms with E-state index in [0.717, 1.165) is 30.6 Å². The third-order valence-electron chi connectivity index (χ3n) is 4.78. The molecule has 1 aliphatic heterocycles. The van der Waals surface area contributed by atoms with E-state index in [9.17, 15) is 0 Å². The molecule has 3 rings (SSSR count). The van der Waals surface area contributed by atoms with Crippen molar-refractivity contribution < 1.29 is 0 Å². The van der Waals surface area contributed by atoms with Crippen LogP contribution in [-0.4, -0.2) is 38.6 Å². The van der Waals surface area contributed by atoms with Crippen molar-refractivity contribution in [3.05, 3.63) is 24.2 Å².